The van der Waals surface area contributed by atoms with Crippen LogP contribution in [0.4, 0.5) is 0 Å². The van der Waals surface area contributed by atoms with Gasteiger partial charge >= 0.3 is 0 Å². The minimum atomic E-state index is -0.357. The normalized spacial score (nSPS) is 12.4. The van der Waals surface area contributed by atoms with Gasteiger partial charge in [-0.15, -0.1) is 0 Å². The molecule has 1 atom stereocenters. The van der Waals surface area contributed by atoms with Crippen molar-refractivity contribution in [3.8, 4) is 11.5 Å². The molecule has 88 valence electrons. The molecule has 2 rings (SSSR count). The predicted molar refractivity (Wildman–Crippen MR) is 61.2 cm³/mol. The Hall–Kier alpha value is -2.04. The molecule has 0 amide bonds. The summed E-state index contributed by atoms with van der Waals surface area (Å²) < 4.78 is 5.08. The van der Waals surface area contributed by atoms with Crippen molar-refractivity contribution in [2.45, 2.75) is 26.2 Å². The summed E-state index contributed by atoms with van der Waals surface area (Å²) in [6, 6.07) is 5.45. The lowest BCUT2D eigenvalue weighted by Crippen LogP contribution is -2.07. The first-order valence-electron chi connectivity index (χ1n) is 5.50. The second kappa shape index (κ2) is 4.86. The van der Waals surface area contributed by atoms with E-state index in [0.717, 1.165) is 0 Å². The van der Waals surface area contributed by atoms with Crippen LogP contribution in [-0.4, -0.2) is 20.9 Å². The maximum absolute atomic E-state index is 11.5. The summed E-state index contributed by atoms with van der Waals surface area (Å²) >= 11 is 0. The second-order valence-corrected chi connectivity index (χ2v) is 3.71. The van der Waals surface area contributed by atoms with Crippen LogP contribution >= 0.6 is 0 Å². The molecule has 0 saturated carbocycles. The third-order valence-corrected chi connectivity index (χ3v) is 2.54. The van der Waals surface area contributed by atoms with Crippen LogP contribution in [0.5, 0.6) is 0 Å². The molecule has 0 N–H and O–H groups in total. The molecule has 2 heterocycles. The highest BCUT2D eigenvalue weighted by molar-refractivity contribution is 5.84. The first-order chi connectivity index (χ1) is 8.22. The smallest absolute Gasteiger partial charge is 0.237 e. The van der Waals surface area contributed by atoms with Gasteiger partial charge < -0.3 is 4.52 Å². The lowest BCUT2D eigenvalue weighted by Gasteiger charge is -2.01. The SMILES string of the molecule is CCC(=O)C(C)c1nc(-c2ccccn2)no1. The van der Waals surface area contributed by atoms with E-state index in [-0.39, 0.29) is 11.7 Å². The van der Waals surface area contributed by atoms with E-state index in [4.69, 9.17) is 4.52 Å². The number of pyridine rings is 1. The Morgan fingerprint density at radius 2 is 2.29 bits per heavy atom. The van der Waals surface area contributed by atoms with E-state index in [0.29, 0.717) is 23.8 Å². The minimum Gasteiger partial charge on any atom is -0.338 e. The molecule has 5 nitrogen and oxygen atoms in total. The highest BCUT2D eigenvalue weighted by Gasteiger charge is 2.20. The average molecular weight is 231 g/mol. The molecule has 0 fully saturated rings. The number of ketones is 1. The Bertz CT molecular complexity index is 507. The Kier molecular flexibility index (Phi) is 3.27. The van der Waals surface area contributed by atoms with E-state index in [1.807, 2.05) is 19.1 Å². The van der Waals surface area contributed by atoms with E-state index < -0.39 is 0 Å². The molecular formula is C12H13N3O2. The minimum absolute atomic E-state index is 0.0845. The Morgan fingerprint density at radius 1 is 1.47 bits per heavy atom. The molecule has 17 heavy (non-hydrogen) atoms. The van der Waals surface area contributed by atoms with Gasteiger partial charge in [0.25, 0.3) is 0 Å². The largest absolute Gasteiger partial charge is 0.338 e. The summed E-state index contributed by atoms with van der Waals surface area (Å²) in [6.45, 7) is 3.58. The first kappa shape index (κ1) is 11.4. The van der Waals surface area contributed by atoms with Crippen LogP contribution in [0.3, 0.4) is 0 Å². The van der Waals surface area contributed by atoms with Crippen LogP contribution in [-0.2, 0) is 4.79 Å². The quantitative estimate of drug-likeness (QED) is 0.806. The molecule has 2 aromatic rings. The number of aromatic nitrogens is 3. The van der Waals surface area contributed by atoms with Gasteiger partial charge in [0.05, 0.1) is 5.92 Å². The Labute approximate surface area is 98.9 Å². The van der Waals surface area contributed by atoms with E-state index in [2.05, 4.69) is 15.1 Å². The number of nitrogens with zero attached hydrogens (tertiary/aromatic N) is 3. The zero-order valence-electron chi connectivity index (χ0n) is 9.75. The molecule has 0 aliphatic heterocycles. The molecule has 0 spiro atoms. The van der Waals surface area contributed by atoms with Crippen molar-refractivity contribution in [1.82, 2.24) is 15.1 Å². The lowest BCUT2D eigenvalue weighted by molar-refractivity contribution is -0.120. The third-order valence-electron chi connectivity index (χ3n) is 2.54. The van der Waals surface area contributed by atoms with Crippen LogP contribution in [0.15, 0.2) is 28.9 Å². The van der Waals surface area contributed by atoms with Gasteiger partial charge in [0.2, 0.25) is 11.7 Å². The number of hydrogen-bond donors (Lipinski definition) is 0. The average Bonchev–Trinajstić information content (AvgIpc) is 2.87. The maximum atomic E-state index is 11.5. The molecule has 0 radical (unpaired) electrons. The van der Waals surface area contributed by atoms with Crippen molar-refractivity contribution in [2.24, 2.45) is 0 Å². The van der Waals surface area contributed by atoms with Gasteiger partial charge in [-0.25, -0.2) is 0 Å². The van der Waals surface area contributed by atoms with Gasteiger partial charge in [-0.1, -0.05) is 18.1 Å². The molecule has 0 bridgehead atoms. The molecule has 0 saturated heterocycles. The van der Waals surface area contributed by atoms with Crippen LogP contribution in [0.1, 0.15) is 32.1 Å². The molecule has 2 aromatic heterocycles. The predicted octanol–water partition coefficient (Wildman–Crippen LogP) is 2.21. The van der Waals surface area contributed by atoms with Gasteiger partial charge in [0.1, 0.15) is 11.5 Å². The van der Waals surface area contributed by atoms with Gasteiger partial charge in [0, 0.05) is 12.6 Å². The number of Topliss-reactive ketones (excluding diaryl/α,β-unsaturated/α-hetero) is 1. The standard InChI is InChI=1S/C12H13N3O2/c1-3-10(16)8(2)12-14-11(15-17-12)9-6-4-5-7-13-9/h4-8H,3H2,1-2H3. The number of rotatable bonds is 4. The van der Waals surface area contributed by atoms with E-state index in [1.54, 1.807) is 19.2 Å². The molecular weight excluding hydrogens is 218 g/mol. The van der Waals surface area contributed by atoms with E-state index in [9.17, 15) is 4.79 Å². The molecule has 5 heteroatoms. The first-order valence-corrected chi connectivity index (χ1v) is 5.50. The molecule has 1 unspecified atom stereocenters. The van der Waals surface area contributed by atoms with Gasteiger partial charge in [-0.05, 0) is 19.1 Å². The molecule has 0 aliphatic carbocycles. The van der Waals surface area contributed by atoms with Crippen LogP contribution < -0.4 is 0 Å². The summed E-state index contributed by atoms with van der Waals surface area (Å²) in [5.41, 5.74) is 0.638. The second-order valence-electron chi connectivity index (χ2n) is 3.71. The zero-order valence-corrected chi connectivity index (χ0v) is 9.75. The van der Waals surface area contributed by atoms with Crippen LogP contribution in [0, 0.1) is 0 Å². The van der Waals surface area contributed by atoms with Crippen LogP contribution in [0.25, 0.3) is 11.5 Å². The van der Waals surface area contributed by atoms with Crippen molar-refractivity contribution in [1.29, 1.82) is 0 Å². The highest BCUT2D eigenvalue weighted by atomic mass is 16.5. The fourth-order valence-corrected chi connectivity index (χ4v) is 1.45. The summed E-state index contributed by atoms with van der Waals surface area (Å²) in [4.78, 5) is 19.8. The summed E-state index contributed by atoms with van der Waals surface area (Å²) in [6.07, 6.45) is 2.12. The summed E-state index contributed by atoms with van der Waals surface area (Å²) in [7, 11) is 0. The monoisotopic (exact) mass is 231 g/mol. The Balaban J connectivity index is 2.25. The molecule has 0 aliphatic rings. The number of carbonyl (C=O) groups excluding carboxylic acids is 1. The van der Waals surface area contributed by atoms with Crippen molar-refractivity contribution >= 4 is 5.78 Å². The van der Waals surface area contributed by atoms with Gasteiger partial charge in [0.15, 0.2) is 0 Å². The van der Waals surface area contributed by atoms with Gasteiger partial charge in [-0.3, -0.25) is 9.78 Å². The number of carbonyl (C=O) groups is 1. The number of hydrogen-bond acceptors (Lipinski definition) is 5. The van der Waals surface area contributed by atoms with E-state index >= 15 is 0 Å². The molecule has 0 aromatic carbocycles. The zero-order chi connectivity index (χ0) is 12.3. The Morgan fingerprint density at radius 3 is 2.94 bits per heavy atom. The van der Waals surface area contributed by atoms with Crippen molar-refractivity contribution < 1.29 is 9.32 Å². The summed E-state index contributed by atoms with van der Waals surface area (Å²) in [5, 5.41) is 3.82. The highest BCUT2D eigenvalue weighted by Crippen LogP contribution is 2.19. The van der Waals surface area contributed by atoms with Crippen molar-refractivity contribution in [3.05, 3.63) is 30.3 Å². The van der Waals surface area contributed by atoms with Gasteiger partial charge in [-0.2, -0.15) is 4.98 Å². The van der Waals surface area contributed by atoms with Crippen LogP contribution in [0.2, 0.25) is 0 Å². The fraction of sp³-hybridized carbons (Fsp3) is 0.333. The topological polar surface area (TPSA) is 68.9 Å². The fourth-order valence-electron chi connectivity index (χ4n) is 1.45. The van der Waals surface area contributed by atoms with Crippen molar-refractivity contribution in [2.75, 3.05) is 0 Å². The van der Waals surface area contributed by atoms with Crippen molar-refractivity contribution in [3.63, 3.8) is 0 Å². The van der Waals surface area contributed by atoms with E-state index in [1.165, 1.54) is 0 Å². The third kappa shape index (κ3) is 2.38. The lowest BCUT2D eigenvalue weighted by atomic mass is 10.1. The maximum Gasteiger partial charge on any atom is 0.237 e. The summed E-state index contributed by atoms with van der Waals surface area (Å²) in [5.74, 6) is 0.486.